The van der Waals surface area contributed by atoms with Crippen LogP contribution < -0.4 is 11.3 Å². The van der Waals surface area contributed by atoms with E-state index in [0.717, 1.165) is 6.42 Å². The molecule has 16 heavy (non-hydrogen) atoms. The Labute approximate surface area is 99.2 Å². The van der Waals surface area contributed by atoms with Crippen LogP contribution in [-0.2, 0) is 6.42 Å². The van der Waals surface area contributed by atoms with Crippen LogP contribution in [0.25, 0.3) is 0 Å². The summed E-state index contributed by atoms with van der Waals surface area (Å²) in [5.74, 6) is 6.80. The van der Waals surface area contributed by atoms with Crippen LogP contribution >= 0.6 is 0 Å². The zero-order valence-corrected chi connectivity index (χ0v) is 10.8. The maximum Gasteiger partial charge on any atom is 0.0482 e. The molecule has 0 spiro atoms. The lowest BCUT2D eigenvalue weighted by atomic mass is 9.93. The van der Waals surface area contributed by atoms with Crippen LogP contribution in [0, 0.1) is 11.8 Å². The van der Waals surface area contributed by atoms with Crippen LogP contribution in [-0.4, -0.2) is 0 Å². The van der Waals surface area contributed by atoms with Crippen molar-refractivity contribution in [3.8, 4) is 0 Å². The van der Waals surface area contributed by atoms with Crippen molar-refractivity contribution in [1.29, 1.82) is 0 Å². The van der Waals surface area contributed by atoms with Crippen LogP contribution in [0.4, 0.5) is 0 Å². The topological polar surface area (TPSA) is 38.0 Å². The fraction of sp³-hybridized carbons (Fsp3) is 0.571. The highest BCUT2D eigenvalue weighted by atomic mass is 15.2. The molecule has 1 aromatic carbocycles. The van der Waals surface area contributed by atoms with Crippen molar-refractivity contribution in [2.45, 2.75) is 40.2 Å². The molecular weight excluding hydrogens is 196 g/mol. The summed E-state index contributed by atoms with van der Waals surface area (Å²) in [5.41, 5.74) is 5.58. The van der Waals surface area contributed by atoms with Crippen LogP contribution in [0.2, 0.25) is 0 Å². The maximum absolute atomic E-state index is 5.61. The second kappa shape index (κ2) is 6.02. The zero-order valence-electron chi connectivity index (χ0n) is 10.8. The van der Waals surface area contributed by atoms with Gasteiger partial charge in [0.2, 0.25) is 0 Å². The van der Waals surface area contributed by atoms with Crippen LogP contribution in [0.5, 0.6) is 0 Å². The summed E-state index contributed by atoms with van der Waals surface area (Å²) in [5, 5.41) is 0. The van der Waals surface area contributed by atoms with Gasteiger partial charge in [0.15, 0.2) is 0 Å². The molecule has 90 valence electrons. The molecule has 1 aromatic rings. The summed E-state index contributed by atoms with van der Waals surface area (Å²) in [4.78, 5) is 0. The zero-order chi connectivity index (χ0) is 12.1. The SMILES string of the molecule is CC(C)Cc1cccc(C(NN)C(C)C)c1. The molecule has 1 rings (SSSR count). The largest absolute Gasteiger partial charge is 0.271 e. The normalized spacial score (nSPS) is 13.4. The molecule has 1 unspecified atom stereocenters. The average molecular weight is 220 g/mol. The first-order chi connectivity index (χ1) is 7.54. The van der Waals surface area contributed by atoms with Gasteiger partial charge < -0.3 is 0 Å². The molecule has 0 aliphatic rings. The van der Waals surface area contributed by atoms with Crippen molar-refractivity contribution in [3.05, 3.63) is 35.4 Å². The van der Waals surface area contributed by atoms with E-state index in [4.69, 9.17) is 5.84 Å². The van der Waals surface area contributed by atoms with Gasteiger partial charge in [0.05, 0.1) is 0 Å². The highest BCUT2D eigenvalue weighted by Gasteiger charge is 2.14. The lowest BCUT2D eigenvalue weighted by molar-refractivity contribution is 0.420. The lowest BCUT2D eigenvalue weighted by Crippen LogP contribution is -2.31. The quantitative estimate of drug-likeness (QED) is 0.591. The van der Waals surface area contributed by atoms with Gasteiger partial charge in [-0.3, -0.25) is 11.3 Å². The Morgan fingerprint density at radius 3 is 2.38 bits per heavy atom. The Morgan fingerprint density at radius 2 is 1.88 bits per heavy atom. The van der Waals surface area contributed by atoms with E-state index in [-0.39, 0.29) is 6.04 Å². The molecule has 0 saturated heterocycles. The van der Waals surface area contributed by atoms with Gasteiger partial charge in [-0.2, -0.15) is 0 Å². The first kappa shape index (κ1) is 13.2. The third kappa shape index (κ3) is 3.62. The Bertz CT molecular complexity index is 318. The van der Waals surface area contributed by atoms with E-state index < -0.39 is 0 Å². The molecule has 0 bridgehead atoms. The second-order valence-electron chi connectivity index (χ2n) is 5.23. The van der Waals surface area contributed by atoms with Crippen molar-refractivity contribution in [2.75, 3.05) is 0 Å². The van der Waals surface area contributed by atoms with Gasteiger partial charge in [0.25, 0.3) is 0 Å². The number of nitrogens with one attached hydrogen (secondary N) is 1. The Balaban J connectivity index is 2.88. The van der Waals surface area contributed by atoms with Gasteiger partial charge in [-0.15, -0.1) is 0 Å². The molecule has 0 fully saturated rings. The summed E-state index contributed by atoms with van der Waals surface area (Å²) >= 11 is 0. The summed E-state index contributed by atoms with van der Waals surface area (Å²) in [7, 11) is 0. The van der Waals surface area contributed by atoms with E-state index in [9.17, 15) is 0 Å². The van der Waals surface area contributed by atoms with Gasteiger partial charge in [0.1, 0.15) is 0 Å². The predicted molar refractivity (Wildman–Crippen MR) is 69.9 cm³/mol. The van der Waals surface area contributed by atoms with Gasteiger partial charge in [-0.1, -0.05) is 52.0 Å². The number of benzene rings is 1. The summed E-state index contributed by atoms with van der Waals surface area (Å²) in [6.45, 7) is 8.85. The minimum Gasteiger partial charge on any atom is -0.271 e. The van der Waals surface area contributed by atoms with E-state index >= 15 is 0 Å². The summed E-state index contributed by atoms with van der Waals surface area (Å²) in [6.07, 6.45) is 1.13. The smallest absolute Gasteiger partial charge is 0.0482 e. The number of hydrogen-bond acceptors (Lipinski definition) is 2. The fourth-order valence-electron chi connectivity index (χ4n) is 2.06. The van der Waals surface area contributed by atoms with Gasteiger partial charge in [0, 0.05) is 6.04 Å². The number of nitrogens with two attached hydrogens (primary N) is 1. The molecule has 0 amide bonds. The molecule has 0 saturated carbocycles. The molecule has 3 N–H and O–H groups in total. The van der Waals surface area contributed by atoms with E-state index in [1.165, 1.54) is 11.1 Å². The summed E-state index contributed by atoms with van der Waals surface area (Å²) < 4.78 is 0. The fourth-order valence-corrected chi connectivity index (χ4v) is 2.06. The molecule has 2 nitrogen and oxygen atoms in total. The van der Waals surface area contributed by atoms with Gasteiger partial charge in [-0.25, -0.2) is 0 Å². The van der Waals surface area contributed by atoms with Crippen molar-refractivity contribution in [1.82, 2.24) is 5.43 Å². The molecule has 0 radical (unpaired) electrons. The number of hydrogen-bond donors (Lipinski definition) is 2. The van der Waals surface area contributed by atoms with Crippen LogP contribution in [0.15, 0.2) is 24.3 Å². The van der Waals surface area contributed by atoms with E-state index in [1.54, 1.807) is 0 Å². The van der Waals surface area contributed by atoms with Crippen molar-refractivity contribution >= 4 is 0 Å². The van der Waals surface area contributed by atoms with E-state index in [1.807, 2.05) is 0 Å². The average Bonchev–Trinajstić information content (AvgIpc) is 2.17. The molecule has 0 aliphatic heterocycles. The summed E-state index contributed by atoms with van der Waals surface area (Å²) in [6, 6.07) is 8.97. The maximum atomic E-state index is 5.61. The van der Waals surface area contributed by atoms with E-state index in [2.05, 4.69) is 57.4 Å². The standard InChI is InChI=1S/C14H24N2/c1-10(2)8-12-6-5-7-13(9-12)14(16-15)11(3)4/h5-7,9-11,14,16H,8,15H2,1-4H3. The first-order valence-corrected chi connectivity index (χ1v) is 6.09. The van der Waals surface area contributed by atoms with Crippen molar-refractivity contribution in [2.24, 2.45) is 17.7 Å². The third-order valence-electron chi connectivity index (χ3n) is 2.80. The number of hydrazine groups is 1. The van der Waals surface area contributed by atoms with Gasteiger partial charge in [-0.05, 0) is 29.4 Å². The minimum absolute atomic E-state index is 0.243. The van der Waals surface area contributed by atoms with Gasteiger partial charge >= 0.3 is 0 Å². The predicted octanol–water partition coefficient (Wildman–Crippen LogP) is 3.05. The third-order valence-corrected chi connectivity index (χ3v) is 2.80. The second-order valence-corrected chi connectivity index (χ2v) is 5.23. The lowest BCUT2D eigenvalue weighted by Gasteiger charge is -2.21. The van der Waals surface area contributed by atoms with Crippen LogP contribution in [0.3, 0.4) is 0 Å². The van der Waals surface area contributed by atoms with Crippen molar-refractivity contribution in [3.63, 3.8) is 0 Å². The molecule has 1 atom stereocenters. The number of rotatable bonds is 5. The highest BCUT2D eigenvalue weighted by molar-refractivity contribution is 5.26. The Hall–Kier alpha value is -0.860. The minimum atomic E-state index is 0.243. The molecule has 0 aromatic heterocycles. The van der Waals surface area contributed by atoms with E-state index in [0.29, 0.717) is 11.8 Å². The Kier molecular flexibility index (Phi) is 4.97. The first-order valence-electron chi connectivity index (χ1n) is 6.09. The van der Waals surface area contributed by atoms with Crippen molar-refractivity contribution < 1.29 is 0 Å². The molecule has 0 aliphatic carbocycles. The highest BCUT2D eigenvalue weighted by Crippen LogP contribution is 2.22. The molecule has 2 heteroatoms. The Morgan fingerprint density at radius 1 is 1.19 bits per heavy atom. The molecule has 0 heterocycles. The van der Waals surface area contributed by atoms with Crippen LogP contribution in [0.1, 0.15) is 44.9 Å². The monoisotopic (exact) mass is 220 g/mol. The molecular formula is C14H24N2.